The summed E-state index contributed by atoms with van der Waals surface area (Å²) in [4.78, 5) is 21.8. The number of nitro groups is 1. The van der Waals surface area contributed by atoms with Crippen molar-refractivity contribution in [1.82, 2.24) is 0 Å². The molecule has 0 spiro atoms. The Kier molecular flexibility index (Phi) is 4.87. The Hall–Kier alpha value is -2.57. The van der Waals surface area contributed by atoms with Crippen LogP contribution in [0.5, 0.6) is 5.75 Å². The van der Waals surface area contributed by atoms with Gasteiger partial charge < -0.3 is 14.8 Å². The summed E-state index contributed by atoms with van der Waals surface area (Å²) in [5.41, 5.74) is 0.178. The Morgan fingerprint density at radius 1 is 1.53 bits per heavy atom. The first-order valence-electron chi connectivity index (χ1n) is 5.45. The molecule has 1 aromatic rings. The quantitative estimate of drug-likeness (QED) is 0.368. The van der Waals surface area contributed by atoms with E-state index >= 15 is 0 Å². The van der Waals surface area contributed by atoms with Crippen LogP contribution in [0, 0.1) is 10.1 Å². The fourth-order valence-corrected chi connectivity index (χ4v) is 1.35. The molecule has 0 saturated heterocycles. The van der Waals surface area contributed by atoms with Crippen molar-refractivity contribution in [2.45, 2.75) is 6.92 Å². The lowest BCUT2D eigenvalue weighted by molar-refractivity contribution is -0.385. The number of methoxy groups -OCH3 is 1. The molecule has 1 rings (SSSR count). The summed E-state index contributed by atoms with van der Waals surface area (Å²) in [5.74, 6) is -0.484. The fourth-order valence-electron chi connectivity index (χ4n) is 1.35. The lowest BCUT2D eigenvalue weighted by atomic mass is 10.2. The minimum atomic E-state index is -0.566. The van der Waals surface area contributed by atoms with Gasteiger partial charge in [0.15, 0.2) is 11.5 Å². The van der Waals surface area contributed by atoms with Crippen LogP contribution in [0.3, 0.4) is 0 Å². The van der Waals surface area contributed by atoms with E-state index in [2.05, 4.69) is 11.9 Å². The molecular formula is C12H14N2O5. The normalized spacial score (nSPS) is 9.58. The Bertz CT molecular complexity index is 513. The van der Waals surface area contributed by atoms with Crippen LogP contribution in [0.1, 0.15) is 6.92 Å². The molecule has 0 bridgehead atoms. The third kappa shape index (κ3) is 3.70. The van der Waals surface area contributed by atoms with E-state index in [4.69, 9.17) is 9.47 Å². The van der Waals surface area contributed by atoms with E-state index < -0.39 is 10.8 Å². The molecule has 0 fully saturated rings. The van der Waals surface area contributed by atoms with Gasteiger partial charge >= 0.3 is 5.69 Å². The zero-order valence-electron chi connectivity index (χ0n) is 10.6. The number of ether oxygens (including phenoxy) is 2. The van der Waals surface area contributed by atoms with Gasteiger partial charge in [-0.25, -0.2) is 0 Å². The van der Waals surface area contributed by atoms with Gasteiger partial charge in [-0.15, -0.1) is 0 Å². The summed E-state index contributed by atoms with van der Waals surface area (Å²) in [7, 11) is 1.31. The van der Waals surface area contributed by atoms with Crippen molar-refractivity contribution < 1.29 is 19.2 Å². The number of hydrogen-bond donors (Lipinski definition) is 1. The van der Waals surface area contributed by atoms with Gasteiger partial charge in [0.2, 0.25) is 0 Å². The lowest BCUT2D eigenvalue weighted by Gasteiger charge is -2.09. The van der Waals surface area contributed by atoms with Crippen LogP contribution in [0.2, 0.25) is 0 Å². The van der Waals surface area contributed by atoms with Gasteiger partial charge in [0, 0.05) is 17.8 Å². The largest absolute Gasteiger partial charge is 0.490 e. The van der Waals surface area contributed by atoms with E-state index in [0.717, 1.165) is 0 Å². The molecule has 0 aliphatic carbocycles. The monoisotopic (exact) mass is 266 g/mol. The maximum Gasteiger partial charge on any atom is 0.311 e. The topological polar surface area (TPSA) is 90.7 Å². The van der Waals surface area contributed by atoms with E-state index in [1.807, 2.05) is 0 Å². The zero-order chi connectivity index (χ0) is 14.4. The third-order valence-corrected chi connectivity index (χ3v) is 2.21. The third-order valence-electron chi connectivity index (χ3n) is 2.21. The summed E-state index contributed by atoms with van der Waals surface area (Å²) in [6, 6.07) is 4.00. The molecule has 0 aromatic heterocycles. The molecule has 1 N–H and O–H groups in total. The molecule has 0 aliphatic heterocycles. The van der Waals surface area contributed by atoms with Crippen LogP contribution in [0.15, 0.2) is 30.5 Å². The molecule has 102 valence electrons. The molecule has 0 unspecified atom stereocenters. The highest BCUT2D eigenvalue weighted by molar-refractivity contribution is 6.02. The number of nitrogens with zero attached hydrogens (tertiary/aromatic N) is 1. The number of nitrogens with one attached hydrogen (secondary N) is 1. The number of nitro benzene ring substituents is 1. The number of carbonyl (C=O) groups excluding carboxylic acids is 1. The van der Waals surface area contributed by atoms with Crippen molar-refractivity contribution in [1.29, 1.82) is 0 Å². The standard InChI is InChI=1S/C12H14N2O5/c1-4-19-8(2)12(15)13-9-5-6-10(14(16)17)11(7-9)18-3/h5-7H,2,4H2,1,3H3,(H,13,15). The second kappa shape index (κ2) is 6.39. The number of carbonyl (C=O) groups is 1. The second-order valence-corrected chi connectivity index (χ2v) is 3.45. The van der Waals surface area contributed by atoms with Crippen LogP contribution in [-0.4, -0.2) is 24.5 Å². The number of benzene rings is 1. The molecule has 0 saturated carbocycles. The summed E-state index contributed by atoms with van der Waals surface area (Å²) < 4.78 is 9.84. The molecule has 1 amide bonds. The Labute approximate surface area is 110 Å². The number of amides is 1. The highest BCUT2D eigenvalue weighted by Crippen LogP contribution is 2.29. The van der Waals surface area contributed by atoms with Crippen LogP contribution in [0.25, 0.3) is 0 Å². The van der Waals surface area contributed by atoms with Crippen molar-refractivity contribution in [3.8, 4) is 5.75 Å². The van der Waals surface area contributed by atoms with E-state index in [0.29, 0.717) is 12.3 Å². The Morgan fingerprint density at radius 2 is 2.21 bits per heavy atom. The Morgan fingerprint density at radius 3 is 2.74 bits per heavy atom. The smallest absolute Gasteiger partial charge is 0.311 e. The first kappa shape index (κ1) is 14.5. The number of anilines is 1. The molecule has 7 heteroatoms. The maximum absolute atomic E-state index is 11.6. The van der Waals surface area contributed by atoms with Crippen LogP contribution in [0.4, 0.5) is 11.4 Å². The van der Waals surface area contributed by atoms with Crippen molar-refractivity contribution in [2.75, 3.05) is 19.0 Å². The van der Waals surface area contributed by atoms with E-state index in [-0.39, 0.29) is 17.2 Å². The van der Waals surface area contributed by atoms with Gasteiger partial charge in [0.05, 0.1) is 18.6 Å². The van der Waals surface area contributed by atoms with Gasteiger partial charge in [-0.3, -0.25) is 14.9 Å². The summed E-state index contributed by atoms with van der Waals surface area (Å²) in [5, 5.41) is 13.2. The van der Waals surface area contributed by atoms with Crippen LogP contribution >= 0.6 is 0 Å². The summed E-state index contributed by atoms with van der Waals surface area (Å²) >= 11 is 0. The summed E-state index contributed by atoms with van der Waals surface area (Å²) in [6.07, 6.45) is 0. The highest BCUT2D eigenvalue weighted by atomic mass is 16.6. The molecule has 7 nitrogen and oxygen atoms in total. The maximum atomic E-state index is 11.6. The molecule has 19 heavy (non-hydrogen) atoms. The fraction of sp³-hybridized carbons (Fsp3) is 0.250. The van der Waals surface area contributed by atoms with Crippen molar-refractivity contribution in [3.63, 3.8) is 0 Å². The highest BCUT2D eigenvalue weighted by Gasteiger charge is 2.16. The predicted molar refractivity (Wildman–Crippen MR) is 69.0 cm³/mol. The van der Waals surface area contributed by atoms with Crippen LogP contribution < -0.4 is 10.1 Å². The molecule has 0 atom stereocenters. The molecule has 0 heterocycles. The Balaban J connectivity index is 2.89. The zero-order valence-corrected chi connectivity index (χ0v) is 10.6. The minimum Gasteiger partial charge on any atom is -0.490 e. The van der Waals surface area contributed by atoms with Crippen molar-refractivity contribution in [3.05, 3.63) is 40.7 Å². The van der Waals surface area contributed by atoms with Gasteiger partial charge in [-0.1, -0.05) is 6.58 Å². The van der Waals surface area contributed by atoms with Crippen LogP contribution in [-0.2, 0) is 9.53 Å². The first-order valence-corrected chi connectivity index (χ1v) is 5.45. The average molecular weight is 266 g/mol. The number of hydrogen-bond acceptors (Lipinski definition) is 5. The molecular weight excluding hydrogens is 252 g/mol. The first-order chi connectivity index (χ1) is 8.99. The predicted octanol–water partition coefficient (Wildman–Crippen LogP) is 2.09. The van der Waals surface area contributed by atoms with Gasteiger partial charge in [0.25, 0.3) is 5.91 Å². The van der Waals surface area contributed by atoms with Gasteiger partial charge in [-0.2, -0.15) is 0 Å². The van der Waals surface area contributed by atoms with Crippen molar-refractivity contribution >= 4 is 17.3 Å². The minimum absolute atomic E-state index is 0.0279. The van der Waals surface area contributed by atoms with Gasteiger partial charge in [-0.05, 0) is 13.0 Å². The SMILES string of the molecule is C=C(OCC)C(=O)Nc1ccc([N+](=O)[O-])c(OC)c1. The number of rotatable bonds is 6. The summed E-state index contributed by atoms with van der Waals surface area (Å²) in [6.45, 7) is 5.51. The van der Waals surface area contributed by atoms with E-state index in [1.165, 1.54) is 25.3 Å². The van der Waals surface area contributed by atoms with E-state index in [1.54, 1.807) is 6.92 Å². The molecule has 1 aromatic carbocycles. The lowest BCUT2D eigenvalue weighted by Crippen LogP contribution is -2.15. The van der Waals surface area contributed by atoms with E-state index in [9.17, 15) is 14.9 Å². The van der Waals surface area contributed by atoms with Gasteiger partial charge in [0.1, 0.15) is 0 Å². The van der Waals surface area contributed by atoms with Crippen molar-refractivity contribution in [2.24, 2.45) is 0 Å². The average Bonchev–Trinajstić information content (AvgIpc) is 2.38. The molecule has 0 aliphatic rings. The molecule has 0 radical (unpaired) electrons. The second-order valence-electron chi connectivity index (χ2n) is 3.45.